The SMILES string of the molecule is CCCNc1nnc(CSCc2ccccc2Cl)s1. The number of nitrogens with one attached hydrogen (secondary N) is 1. The van der Waals surface area contributed by atoms with Crippen LogP contribution in [-0.4, -0.2) is 16.7 Å². The van der Waals surface area contributed by atoms with Crippen LogP contribution in [0.4, 0.5) is 5.13 Å². The van der Waals surface area contributed by atoms with Crippen molar-refractivity contribution >= 4 is 39.8 Å². The average Bonchev–Trinajstić information content (AvgIpc) is 2.86. The molecule has 102 valence electrons. The summed E-state index contributed by atoms with van der Waals surface area (Å²) in [6.45, 7) is 3.08. The number of hydrogen-bond donors (Lipinski definition) is 1. The molecule has 0 radical (unpaired) electrons. The van der Waals surface area contributed by atoms with Crippen LogP contribution in [0.3, 0.4) is 0 Å². The maximum atomic E-state index is 6.12. The molecule has 19 heavy (non-hydrogen) atoms. The maximum absolute atomic E-state index is 6.12. The molecule has 0 atom stereocenters. The van der Waals surface area contributed by atoms with Crippen molar-refractivity contribution in [2.45, 2.75) is 24.9 Å². The normalized spacial score (nSPS) is 10.6. The molecule has 6 heteroatoms. The molecule has 1 heterocycles. The van der Waals surface area contributed by atoms with E-state index in [0.29, 0.717) is 0 Å². The molecule has 2 rings (SSSR count). The maximum Gasteiger partial charge on any atom is 0.205 e. The Morgan fingerprint density at radius 3 is 2.89 bits per heavy atom. The summed E-state index contributed by atoms with van der Waals surface area (Å²) >= 11 is 9.55. The first kappa shape index (κ1) is 14.6. The van der Waals surface area contributed by atoms with Crippen LogP contribution in [0.5, 0.6) is 0 Å². The first-order chi connectivity index (χ1) is 9.29. The number of rotatable bonds is 7. The third-order valence-corrected chi connectivity index (χ3v) is 4.86. The lowest BCUT2D eigenvalue weighted by Gasteiger charge is -2.02. The first-order valence-electron chi connectivity index (χ1n) is 6.17. The van der Waals surface area contributed by atoms with Crippen LogP contribution in [-0.2, 0) is 11.5 Å². The van der Waals surface area contributed by atoms with Crippen molar-refractivity contribution in [2.24, 2.45) is 0 Å². The molecule has 1 aromatic heterocycles. The molecule has 0 saturated carbocycles. The minimum absolute atomic E-state index is 0.831. The van der Waals surface area contributed by atoms with E-state index in [1.807, 2.05) is 18.2 Å². The Labute approximate surface area is 126 Å². The Morgan fingerprint density at radius 2 is 2.11 bits per heavy atom. The number of hydrogen-bond acceptors (Lipinski definition) is 5. The van der Waals surface area contributed by atoms with Crippen LogP contribution >= 0.6 is 34.7 Å². The van der Waals surface area contributed by atoms with E-state index in [2.05, 4.69) is 28.5 Å². The molecule has 0 unspecified atom stereocenters. The average molecular weight is 314 g/mol. The fraction of sp³-hybridized carbons (Fsp3) is 0.385. The minimum Gasteiger partial charge on any atom is -0.360 e. The molecule has 3 nitrogen and oxygen atoms in total. The van der Waals surface area contributed by atoms with Crippen LogP contribution in [0.2, 0.25) is 5.02 Å². The number of aromatic nitrogens is 2. The summed E-state index contributed by atoms with van der Waals surface area (Å²) in [6, 6.07) is 7.95. The predicted octanol–water partition coefficient (Wildman–Crippen LogP) is 4.45. The summed E-state index contributed by atoms with van der Waals surface area (Å²) in [5.41, 5.74) is 1.17. The van der Waals surface area contributed by atoms with Crippen molar-refractivity contribution in [2.75, 3.05) is 11.9 Å². The highest BCUT2D eigenvalue weighted by Crippen LogP contribution is 2.25. The van der Waals surface area contributed by atoms with E-state index in [9.17, 15) is 0 Å². The van der Waals surface area contributed by atoms with Crippen molar-refractivity contribution in [3.8, 4) is 0 Å². The number of halogens is 1. The zero-order valence-electron chi connectivity index (χ0n) is 10.7. The van der Waals surface area contributed by atoms with Gasteiger partial charge < -0.3 is 5.32 Å². The van der Waals surface area contributed by atoms with Crippen molar-refractivity contribution < 1.29 is 0 Å². The quantitative estimate of drug-likeness (QED) is 0.819. The molecule has 2 aromatic rings. The molecule has 1 aromatic carbocycles. The largest absolute Gasteiger partial charge is 0.360 e. The van der Waals surface area contributed by atoms with Gasteiger partial charge in [-0.1, -0.05) is 48.1 Å². The third-order valence-electron chi connectivity index (χ3n) is 2.43. The van der Waals surface area contributed by atoms with Crippen LogP contribution < -0.4 is 5.32 Å². The lowest BCUT2D eigenvalue weighted by molar-refractivity contribution is 0.958. The molecular formula is C13H16ClN3S2. The smallest absolute Gasteiger partial charge is 0.205 e. The molecule has 0 fully saturated rings. The molecule has 0 saturated heterocycles. The van der Waals surface area contributed by atoms with E-state index in [-0.39, 0.29) is 0 Å². The Kier molecular flexibility index (Phi) is 5.94. The number of anilines is 1. The predicted molar refractivity (Wildman–Crippen MR) is 85.1 cm³/mol. The first-order valence-corrected chi connectivity index (χ1v) is 8.52. The second kappa shape index (κ2) is 7.72. The van der Waals surface area contributed by atoms with Gasteiger partial charge in [0.1, 0.15) is 5.01 Å². The number of benzene rings is 1. The molecule has 0 spiro atoms. The summed E-state index contributed by atoms with van der Waals surface area (Å²) in [6.07, 6.45) is 1.09. The van der Waals surface area contributed by atoms with Crippen LogP contribution in [0, 0.1) is 0 Å². The highest BCUT2D eigenvalue weighted by atomic mass is 35.5. The van der Waals surface area contributed by atoms with Gasteiger partial charge in [-0.15, -0.1) is 22.0 Å². The van der Waals surface area contributed by atoms with Crippen molar-refractivity contribution in [3.05, 3.63) is 39.9 Å². The number of nitrogens with zero attached hydrogens (tertiary/aromatic N) is 2. The van der Waals surface area contributed by atoms with Gasteiger partial charge in [-0.2, -0.15) is 0 Å². The summed E-state index contributed by atoms with van der Waals surface area (Å²) in [4.78, 5) is 0. The lowest BCUT2D eigenvalue weighted by atomic mass is 10.2. The van der Waals surface area contributed by atoms with Gasteiger partial charge in [0, 0.05) is 23.1 Å². The molecular weight excluding hydrogens is 298 g/mol. The van der Waals surface area contributed by atoms with Gasteiger partial charge in [0.2, 0.25) is 5.13 Å². The van der Waals surface area contributed by atoms with Crippen molar-refractivity contribution in [1.82, 2.24) is 10.2 Å². The standard InChI is InChI=1S/C13H16ClN3S2/c1-2-7-15-13-17-16-12(19-13)9-18-8-10-5-3-4-6-11(10)14/h3-6H,2,7-9H2,1H3,(H,15,17). The zero-order chi connectivity index (χ0) is 13.5. The fourth-order valence-corrected chi connectivity index (χ4v) is 3.61. The molecule has 0 aliphatic carbocycles. The van der Waals surface area contributed by atoms with Gasteiger partial charge >= 0.3 is 0 Å². The highest BCUT2D eigenvalue weighted by Gasteiger charge is 2.04. The monoisotopic (exact) mass is 313 g/mol. The van der Waals surface area contributed by atoms with Gasteiger partial charge in [0.25, 0.3) is 0 Å². The van der Waals surface area contributed by atoms with E-state index in [1.165, 1.54) is 5.56 Å². The van der Waals surface area contributed by atoms with Gasteiger partial charge in [-0.3, -0.25) is 0 Å². The Balaban J connectivity index is 1.79. The second-order valence-corrected chi connectivity index (χ2v) is 6.47. The molecule has 0 aliphatic rings. The summed E-state index contributed by atoms with van der Waals surface area (Å²) in [5, 5.41) is 14.3. The summed E-state index contributed by atoms with van der Waals surface area (Å²) in [7, 11) is 0. The van der Waals surface area contributed by atoms with Crippen LogP contribution in [0.15, 0.2) is 24.3 Å². The Bertz CT molecular complexity index is 516. The molecule has 1 N–H and O–H groups in total. The molecule has 0 bridgehead atoms. The van der Waals surface area contributed by atoms with E-state index in [0.717, 1.165) is 39.6 Å². The minimum atomic E-state index is 0.831. The summed E-state index contributed by atoms with van der Waals surface area (Å²) < 4.78 is 0. The third kappa shape index (κ3) is 4.67. The van der Waals surface area contributed by atoms with Gasteiger partial charge in [-0.05, 0) is 18.1 Å². The van der Waals surface area contributed by atoms with E-state index in [1.54, 1.807) is 23.1 Å². The van der Waals surface area contributed by atoms with E-state index in [4.69, 9.17) is 11.6 Å². The fourth-order valence-electron chi connectivity index (χ4n) is 1.48. The summed E-state index contributed by atoms with van der Waals surface area (Å²) in [5.74, 6) is 1.77. The topological polar surface area (TPSA) is 37.8 Å². The molecule has 0 amide bonds. The highest BCUT2D eigenvalue weighted by molar-refractivity contribution is 7.97. The zero-order valence-corrected chi connectivity index (χ0v) is 13.1. The van der Waals surface area contributed by atoms with Crippen LogP contribution in [0.25, 0.3) is 0 Å². The van der Waals surface area contributed by atoms with Crippen LogP contribution in [0.1, 0.15) is 23.9 Å². The molecule has 0 aliphatic heterocycles. The van der Waals surface area contributed by atoms with Gasteiger partial charge in [-0.25, -0.2) is 0 Å². The second-order valence-electron chi connectivity index (χ2n) is 4.01. The van der Waals surface area contributed by atoms with E-state index >= 15 is 0 Å². The lowest BCUT2D eigenvalue weighted by Crippen LogP contribution is -1.98. The Morgan fingerprint density at radius 1 is 1.26 bits per heavy atom. The number of thioether (sulfide) groups is 1. The van der Waals surface area contributed by atoms with Gasteiger partial charge in [0.15, 0.2) is 0 Å². The Hall–Kier alpha value is -0.780. The van der Waals surface area contributed by atoms with Crippen molar-refractivity contribution in [1.29, 1.82) is 0 Å². The van der Waals surface area contributed by atoms with Gasteiger partial charge in [0.05, 0.1) is 0 Å². The van der Waals surface area contributed by atoms with Crippen molar-refractivity contribution in [3.63, 3.8) is 0 Å². The van der Waals surface area contributed by atoms with E-state index < -0.39 is 0 Å².